The van der Waals surface area contributed by atoms with E-state index >= 15 is 0 Å². The lowest BCUT2D eigenvalue weighted by Gasteiger charge is -1.93. The van der Waals surface area contributed by atoms with Gasteiger partial charge in [-0.05, 0) is 29.5 Å². The molecule has 1 aromatic heterocycles. The van der Waals surface area contributed by atoms with Crippen molar-refractivity contribution in [3.63, 3.8) is 0 Å². The molecule has 2 N–H and O–H groups in total. The van der Waals surface area contributed by atoms with Crippen molar-refractivity contribution < 1.29 is 4.52 Å². The Morgan fingerprint density at radius 1 is 1.28 bits per heavy atom. The van der Waals surface area contributed by atoms with Crippen molar-refractivity contribution in [3.8, 4) is 0 Å². The predicted octanol–water partition coefficient (Wildman–Crippen LogP) is 3.08. The molecule has 1 aromatic carbocycles. The summed E-state index contributed by atoms with van der Waals surface area (Å²) in [6.45, 7) is 2.10. The minimum absolute atomic E-state index is 0.526. The molecule has 4 nitrogen and oxygen atoms in total. The van der Waals surface area contributed by atoms with Crippen LogP contribution in [0.5, 0.6) is 0 Å². The molecule has 94 valence electrons. The van der Waals surface area contributed by atoms with Gasteiger partial charge in [-0.15, -0.1) is 0 Å². The van der Waals surface area contributed by atoms with Gasteiger partial charge in [0, 0.05) is 11.8 Å². The molecule has 0 amide bonds. The summed E-state index contributed by atoms with van der Waals surface area (Å²) >= 11 is 1.77. The summed E-state index contributed by atoms with van der Waals surface area (Å²) in [5, 5.41) is 3.90. The van der Waals surface area contributed by atoms with E-state index in [0.29, 0.717) is 5.89 Å². The van der Waals surface area contributed by atoms with E-state index < -0.39 is 0 Å². The van der Waals surface area contributed by atoms with Crippen molar-refractivity contribution in [2.45, 2.75) is 12.7 Å². The number of nitrogens with zero attached hydrogens (tertiary/aromatic N) is 2. The molecule has 0 radical (unpaired) electrons. The molecule has 0 unspecified atom stereocenters. The second-order valence-corrected chi connectivity index (χ2v) is 4.96. The van der Waals surface area contributed by atoms with Crippen LogP contribution in [-0.4, -0.2) is 15.9 Å². The van der Waals surface area contributed by atoms with E-state index in [2.05, 4.69) is 17.1 Å². The van der Waals surface area contributed by atoms with Crippen molar-refractivity contribution in [2.75, 3.05) is 11.5 Å². The maximum absolute atomic E-state index is 5.62. The van der Waals surface area contributed by atoms with E-state index in [0.717, 1.165) is 28.6 Å². The van der Waals surface area contributed by atoms with Crippen LogP contribution in [0.1, 0.15) is 24.2 Å². The molecule has 0 aliphatic rings. The number of thioether (sulfide) groups is 1. The standard InChI is InChI=1S/C13H15N3OS/c1-2-18-9-12-15-13(17-16-12)8-5-10-3-6-11(14)7-4-10/h3-8H,2,9,14H2,1H3/b8-5+. The van der Waals surface area contributed by atoms with Gasteiger partial charge in [0.25, 0.3) is 5.89 Å². The highest BCUT2D eigenvalue weighted by atomic mass is 32.2. The summed E-state index contributed by atoms with van der Waals surface area (Å²) in [6.07, 6.45) is 3.72. The molecule has 18 heavy (non-hydrogen) atoms. The summed E-state index contributed by atoms with van der Waals surface area (Å²) in [6, 6.07) is 7.60. The highest BCUT2D eigenvalue weighted by Crippen LogP contribution is 2.12. The fourth-order valence-corrected chi connectivity index (χ4v) is 1.87. The van der Waals surface area contributed by atoms with Gasteiger partial charge in [-0.3, -0.25) is 0 Å². The van der Waals surface area contributed by atoms with Crippen LogP contribution in [-0.2, 0) is 5.75 Å². The van der Waals surface area contributed by atoms with Crippen molar-refractivity contribution in [1.29, 1.82) is 0 Å². The Balaban J connectivity index is 2.00. The Bertz CT molecular complexity index is 519. The molecule has 0 bridgehead atoms. The van der Waals surface area contributed by atoms with Crippen LogP contribution in [0, 0.1) is 0 Å². The minimum atomic E-state index is 0.526. The minimum Gasteiger partial charge on any atom is -0.399 e. The maximum atomic E-state index is 5.62. The van der Waals surface area contributed by atoms with Gasteiger partial charge in [0.05, 0.1) is 5.75 Å². The lowest BCUT2D eigenvalue weighted by Crippen LogP contribution is -1.84. The average Bonchev–Trinajstić information content (AvgIpc) is 2.84. The van der Waals surface area contributed by atoms with E-state index in [1.54, 1.807) is 17.8 Å². The van der Waals surface area contributed by atoms with Gasteiger partial charge in [0.15, 0.2) is 5.82 Å². The molecular formula is C13H15N3OS. The molecule has 0 aliphatic carbocycles. The van der Waals surface area contributed by atoms with Crippen LogP contribution < -0.4 is 5.73 Å². The highest BCUT2D eigenvalue weighted by Gasteiger charge is 2.02. The topological polar surface area (TPSA) is 64.9 Å². The third kappa shape index (κ3) is 3.63. The molecule has 0 aliphatic heterocycles. The van der Waals surface area contributed by atoms with Crippen molar-refractivity contribution >= 4 is 29.6 Å². The Labute approximate surface area is 110 Å². The quantitative estimate of drug-likeness (QED) is 0.838. The predicted molar refractivity (Wildman–Crippen MR) is 75.9 cm³/mol. The van der Waals surface area contributed by atoms with Gasteiger partial charge < -0.3 is 10.3 Å². The van der Waals surface area contributed by atoms with Crippen LogP contribution in [0.4, 0.5) is 5.69 Å². The fourth-order valence-electron chi connectivity index (χ4n) is 1.36. The van der Waals surface area contributed by atoms with E-state index in [1.807, 2.05) is 30.3 Å². The van der Waals surface area contributed by atoms with Gasteiger partial charge >= 0.3 is 0 Å². The second kappa shape index (κ2) is 6.26. The third-order valence-electron chi connectivity index (χ3n) is 2.27. The zero-order valence-corrected chi connectivity index (χ0v) is 11.0. The van der Waals surface area contributed by atoms with E-state index in [4.69, 9.17) is 10.3 Å². The van der Waals surface area contributed by atoms with Crippen LogP contribution in [0.2, 0.25) is 0 Å². The Morgan fingerprint density at radius 2 is 2.06 bits per heavy atom. The Morgan fingerprint density at radius 3 is 2.78 bits per heavy atom. The van der Waals surface area contributed by atoms with Crippen molar-refractivity contribution in [1.82, 2.24) is 10.1 Å². The highest BCUT2D eigenvalue weighted by molar-refractivity contribution is 7.98. The van der Waals surface area contributed by atoms with Gasteiger partial charge in [-0.25, -0.2) is 0 Å². The van der Waals surface area contributed by atoms with Gasteiger partial charge in [-0.1, -0.05) is 24.2 Å². The molecule has 0 saturated heterocycles. The average molecular weight is 261 g/mol. The molecular weight excluding hydrogens is 246 g/mol. The van der Waals surface area contributed by atoms with Crippen molar-refractivity contribution in [3.05, 3.63) is 41.5 Å². The fraction of sp³-hybridized carbons (Fsp3) is 0.231. The number of rotatable bonds is 5. The third-order valence-corrected chi connectivity index (χ3v) is 3.14. The molecule has 2 rings (SSSR count). The SMILES string of the molecule is CCSCc1noc(/C=C/c2ccc(N)cc2)n1. The van der Waals surface area contributed by atoms with Crippen LogP contribution in [0.3, 0.4) is 0 Å². The summed E-state index contributed by atoms with van der Waals surface area (Å²) in [5.41, 5.74) is 7.42. The van der Waals surface area contributed by atoms with Crippen molar-refractivity contribution in [2.24, 2.45) is 0 Å². The first-order valence-electron chi connectivity index (χ1n) is 5.72. The second-order valence-electron chi connectivity index (χ2n) is 3.69. The monoisotopic (exact) mass is 261 g/mol. The number of aromatic nitrogens is 2. The lowest BCUT2D eigenvalue weighted by molar-refractivity contribution is 0.405. The number of hydrogen-bond donors (Lipinski definition) is 1. The number of hydrogen-bond acceptors (Lipinski definition) is 5. The normalized spacial score (nSPS) is 11.2. The number of benzene rings is 1. The maximum Gasteiger partial charge on any atom is 0.250 e. The van der Waals surface area contributed by atoms with E-state index in [1.165, 1.54) is 0 Å². The zero-order valence-electron chi connectivity index (χ0n) is 10.2. The smallest absolute Gasteiger partial charge is 0.250 e. The summed E-state index contributed by atoms with van der Waals surface area (Å²) in [4.78, 5) is 4.27. The summed E-state index contributed by atoms with van der Waals surface area (Å²) < 4.78 is 5.12. The number of nitrogens with two attached hydrogens (primary N) is 1. The van der Waals surface area contributed by atoms with Gasteiger partial charge in [0.2, 0.25) is 0 Å². The Hall–Kier alpha value is -1.75. The van der Waals surface area contributed by atoms with Gasteiger partial charge in [-0.2, -0.15) is 16.7 Å². The molecule has 2 aromatic rings. The largest absolute Gasteiger partial charge is 0.399 e. The zero-order chi connectivity index (χ0) is 12.8. The molecule has 1 heterocycles. The molecule has 0 saturated carbocycles. The lowest BCUT2D eigenvalue weighted by atomic mass is 10.2. The number of anilines is 1. The van der Waals surface area contributed by atoms with Gasteiger partial charge in [0.1, 0.15) is 0 Å². The van der Waals surface area contributed by atoms with Crippen LogP contribution in [0.15, 0.2) is 28.8 Å². The first-order chi connectivity index (χ1) is 8.78. The Kier molecular flexibility index (Phi) is 4.41. The molecule has 5 heteroatoms. The van der Waals surface area contributed by atoms with Crippen LogP contribution >= 0.6 is 11.8 Å². The molecule has 0 atom stereocenters. The first kappa shape index (κ1) is 12.7. The summed E-state index contributed by atoms with van der Waals surface area (Å²) in [7, 11) is 0. The van der Waals surface area contributed by atoms with E-state index in [9.17, 15) is 0 Å². The van der Waals surface area contributed by atoms with Crippen LogP contribution in [0.25, 0.3) is 12.2 Å². The molecule has 0 spiro atoms. The van der Waals surface area contributed by atoms with E-state index in [-0.39, 0.29) is 0 Å². The first-order valence-corrected chi connectivity index (χ1v) is 6.87. The molecule has 0 fully saturated rings. The summed E-state index contributed by atoms with van der Waals surface area (Å²) in [5.74, 6) is 3.10. The number of nitrogen functional groups attached to an aromatic ring is 1.